The number of carbonyl (C=O) groups is 1. The van der Waals surface area contributed by atoms with Crippen LogP contribution in [0.1, 0.15) is 37.3 Å². The summed E-state index contributed by atoms with van der Waals surface area (Å²) in [4.78, 5) is 14.5. The largest absolute Gasteiger partial charge is 0.338 e. The SMILES string of the molecule is CCN(Cc1cccc(C)c1)C(=O)[C@@H]1CCC[C@@H]1N. The van der Waals surface area contributed by atoms with Crippen molar-refractivity contribution >= 4 is 5.91 Å². The predicted octanol–water partition coefficient (Wildman–Crippen LogP) is 2.47. The van der Waals surface area contributed by atoms with Crippen molar-refractivity contribution in [1.82, 2.24) is 4.90 Å². The van der Waals surface area contributed by atoms with Crippen molar-refractivity contribution in [3.63, 3.8) is 0 Å². The molecule has 2 atom stereocenters. The summed E-state index contributed by atoms with van der Waals surface area (Å²) in [5, 5.41) is 0. The maximum Gasteiger partial charge on any atom is 0.227 e. The Morgan fingerprint density at radius 1 is 1.42 bits per heavy atom. The molecule has 1 aromatic rings. The average molecular weight is 260 g/mol. The summed E-state index contributed by atoms with van der Waals surface area (Å²) in [5.74, 6) is 0.263. The van der Waals surface area contributed by atoms with E-state index < -0.39 is 0 Å². The first-order valence-corrected chi connectivity index (χ1v) is 7.21. The zero-order chi connectivity index (χ0) is 13.8. The molecule has 1 aliphatic rings. The van der Waals surface area contributed by atoms with Crippen LogP contribution < -0.4 is 5.73 Å². The molecular weight excluding hydrogens is 236 g/mol. The number of carbonyl (C=O) groups excluding carboxylic acids is 1. The van der Waals surface area contributed by atoms with Crippen LogP contribution >= 0.6 is 0 Å². The third-order valence-electron chi connectivity index (χ3n) is 4.04. The van der Waals surface area contributed by atoms with Gasteiger partial charge in [-0.1, -0.05) is 36.2 Å². The Bertz CT molecular complexity index is 444. The topological polar surface area (TPSA) is 46.3 Å². The van der Waals surface area contributed by atoms with Crippen molar-refractivity contribution in [3.8, 4) is 0 Å². The van der Waals surface area contributed by atoms with Crippen molar-refractivity contribution in [3.05, 3.63) is 35.4 Å². The Kier molecular flexibility index (Phi) is 4.59. The Balaban J connectivity index is 2.05. The summed E-state index contributed by atoms with van der Waals surface area (Å²) in [6.07, 6.45) is 3.02. The van der Waals surface area contributed by atoms with Gasteiger partial charge in [-0.2, -0.15) is 0 Å². The van der Waals surface area contributed by atoms with Crippen LogP contribution in [-0.2, 0) is 11.3 Å². The molecule has 0 unspecified atom stereocenters. The fourth-order valence-electron chi connectivity index (χ4n) is 2.91. The quantitative estimate of drug-likeness (QED) is 0.904. The number of nitrogens with two attached hydrogens (primary N) is 1. The normalized spacial score (nSPS) is 22.5. The lowest BCUT2D eigenvalue weighted by molar-refractivity contribution is -0.136. The van der Waals surface area contributed by atoms with Crippen molar-refractivity contribution in [2.75, 3.05) is 6.54 Å². The number of benzene rings is 1. The highest BCUT2D eigenvalue weighted by Crippen LogP contribution is 2.26. The summed E-state index contributed by atoms with van der Waals surface area (Å²) < 4.78 is 0. The first-order valence-electron chi connectivity index (χ1n) is 7.21. The van der Waals surface area contributed by atoms with Crippen molar-refractivity contribution < 1.29 is 4.79 Å². The Morgan fingerprint density at radius 3 is 2.79 bits per heavy atom. The Labute approximate surface area is 115 Å². The van der Waals surface area contributed by atoms with Gasteiger partial charge in [0.05, 0.1) is 5.92 Å². The van der Waals surface area contributed by atoms with Crippen LogP contribution in [0.25, 0.3) is 0 Å². The van der Waals surface area contributed by atoms with Crippen LogP contribution in [0.2, 0.25) is 0 Å². The standard InChI is InChI=1S/C16H24N2O/c1-3-18(11-13-7-4-6-12(2)10-13)16(19)14-8-5-9-15(14)17/h4,6-7,10,14-15H,3,5,8-9,11,17H2,1-2H3/t14-,15+/m1/s1. The van der Waals surface area contributed by atoms with Gasteiger partial charge < -0.3 is 10.6 Å². The number of rotatable bonds is 4. The van der Waals surface area contributed by atoms with E-state index in [0.717, 1.165) is 25.8 Å². The molecule has 0 heterocycles. The molecule has 0 spiro atoms. The van der Waals surface area contributed by atoms with Gasteiger partial charge in [-0.3, -0.25) is 4.79 Å². The van der Waals surface area contributed by atoms with E-state index in [1.165, 1.54) is 11.1 Å². The van der Waals surface area contributed by atoms with E-state index >= 15 is 0 Å². The zero-order valence-electron chi connectivity index (χ0n) is 11.9. The lowest BCUT2D eigenvalue weighted by Crippen LogP contribution is -2.41. The van der Waals surface area contributed by atoms with Gasteiger partial charge in [0.2, 0.25) is 5.91 Å². The number of amides is 1. The van der Waals surface area contributed by atoms with Gasteiger partial charge in [0.1, 0.15) is 0 Å². The summed E-state index contributed by atoms with van der Waals surface area (Å²) in [5.41, 5.74) is 8.47. The molecule has 1 aliphatic carbocycles. The van der Waals surface area contributed by atoms with E-state index in [4.69, 9.17) is 5.73 Å². The summed E-state index contributed by atoms with van der Waals surface area (Å²) in [6.45, 7) is 5.55. The van der Waals surface area contributed by atoms with E-state index in [1.807, 2.05) is 17.9 Å². The van der Waals surface area contributed by atoms with Crippen molar-refractivity contribution in [2.24, 2.45) is 11.7 Å². The summed E-state index contributed by atoms with van der Waals surface area (Å²) >= 11 is 0. The molecule has 3 heteroatoms. The second-order valence-electron chi connectivity index (χ2n) is 5.54. The molecule has 3 nitrogen and oxygen atoms in total. The van der Waals surface area contributed by atoms with Crippen LogP contribution in [0, 0.1) is 12.8 Å². The van der Waals surface area contributed by atoms with Gasteiger partial charge in [-0.25, -0.2) is 0 Å². The molecule has 1 saturated carbocycles. The highest BCUT2D eigenvalue weighted by molar-refractivity contribution is 5.79. The number of hydrogen-bond acceptors (Lipinski definition) is 2. The fourth-order valence-corrected chi connectivity index (χ4v) is 2.91. The number of aryl methyl sites for hydroxylation is 1. The third kappa shape index (κ3) is 3.35. The van der Waals surface area contributed by atoms with Crippen LogP contribution in [0.15, 0.2) is 24.3 Å². The first-order chi connectivity index (χ1) is 9.11. The maximum absolute atomic E-state index is 12.5. The zero-order valence-corrected chi connectivity index (χ0v) is 11.9. The summed E-state index contributed by atoms with van der Waals surface area (Å²) in [7, 11) is 0. The molecule has 2 rings (SSSR count). The van der Waals surface area contributed by atoms with Crippen LogP contribution in [0.4, 0.5) is 0 Å². The van der Waals surface area contributed by atoms with Gasteiger partial charge in [0.15, 0.2) is 0 Å². The van der Waals surface area contributed by atoms with Gasteiger partial charge in [0, 0.05) is 19.1 Å². The third-order valence-corrected chi connectivity index (χ3v) is 4.04. The highest BCUT2D eigenvalue weighted by Gasteiger charge is 2.32. The second kappa shape index (κ2) is 6.20. The van der Waals surface area contributed by atoms with Gasteiger partial charge >= 0.3 is 0 Å². The molecule has 0 saturated heterocycles. The first kappa shape index (κ1) is 14.1. The predicted molar refractivity (Wildman–Crippen MR) is 77.6 cm³/mol. The molecule has 1 aromatic carbocycles. The van der Waals surface area contributed by atoms with E-state index in [2.05, 4.69) is 25.1 Å². The molecule has 1 fully saturated rings. The van der Waals surface area contributed by atoms with Crippen molar-refractivity contribution in [2.45, 2.75) is 45.7 Å². The number of nitrogens with zero attached hydrogens (tertiary/aromatic N) is 1. The van der Waals surface area contributed by atoms with E-state index in [1.54, 1.807) is 0 Å². The molecular formula is C16H24N2O. The van der Waals surface area contributed by atoms with Gasteiger partial charge in [0.25, 0.3) is 0 Å². The molecule has 0 radical (unpaired) electrons. The van der Waals surface area contributed by atoms with Gasteiger partial charge in [-0.15, -0.1) is 0 Å². The summed E-state index contributed by atoms with van der Waals surface area (Å²) in [6, 6.07) is 8.40. The Hall–Kier alpha value is -1.35. The van der Waals surface area contributed by atoms with E-state index in [0.29, 0.717) is 6.54 Å². The molecule has 0 bridgehead atoms. The smallest absolute Gasteiger partial charge is 0.227 e. The van der Waals surface area contributed by atoms with Crippen molar-refractivity contribution in [1.29, 1.82) is 0 Å². The lowest BCUT2D eigenvalue weighted by atomic mass is 10.0. The molecule has 1 amide bonds. The molecule has 2 N–H and O–H groups in total. The second-order valence-corrected chi connectivity index (χ2v) is 5.54. The van der Waals surface area contributed by atoms with Gasteiger partial charge in [-0.05, 0) is 32.3 Å². The number of hydrogen-bond donors (Lipinski definition) is 1. The molecule has 19 heavy (non-hydrogen) atoms. The minimum atomic E-state index is 0.0322. The lowest BCUT2D eigenvalue weighted by Gasteiger charge is -2.26. The Morgan fingerprint density at radius 2 is 2.21 bits per heavy atom. The monoisotopic (exact) mass is 260 g/mol. The van der Waals surface area contributed by atoms with E-state index in [-0.39, 0.29) is 17.9 Å². The van der Waals surface area contributed by atoms with E-state index in [9.17, 15) is 4.79 Å². The molecule has 0 aromatic heterocycles. The molecule has 104 valence electrons. The van der Waals surface area contributed by atoms with Crippen LogP contribution in [0.5, 0.6) is 0 Å². The highest BCUT2D eigenvalue weighted by atomic mass is 16.2. The fraction of sp³-hybridized carbons (Fsp3) is 0.562. The average Bonchev–Trinajstić information content (AvgIpc) is 2.81. The van der Waals surface area contributed by atoms with Crippen LogP contribution in [0.3, 0.4) is 0 Å². The maximum atomic E-state index is 12.5. The molecule has 0 aliphatic heterocycles. The van der Waals surface area contributed by atoms with Crippen LogP contribution in [-0.4, -0.2) is 23.4 Å². The minimum Gasteiger partial charge on any atom is -0.338 e. The minimum absolute atomic E-state index is 0.0322.